The van der Waals surface area contributed by atoms with Gasteiger partial charge in [-0.1, -0.05) is 62.4 Å². The second kappa shape index (κ2) is 34.4. The topological polar surface area (TPSA) is 496 Å². The highest BCUT2D eigenvalue weighted by atomic mass is 16.5. The second-order valence-electron chi connectivity index (χ2n) is 24.6. The van der Waals surface area contributed by atoms with Gasteiger partial charge in [-0.25, -0.2) is 4.98 Å². The number of para-hydroxylation sites is 2. The Hall–Kier alpha value is -11.3. The van der Waals surface area contributed by atoms with Gasteiger partial charge in [0.15, 0.2) is 5.96 Å². The molecule has 98 heavy (non-hydrogen) atoms. The predicted octanol–water partition coefficient (Wildman–Crippen LogP) is -1.72. The number of imidazole rings is 1. The maximum absolute atomic E-state index is 15.3. The molecule has 5 heterocycles. The van der Waals surface area contributed by atoms with Gasteiger partial charge in [0.1, 0.15) is 66.7 Å². The zero-order chi connectivity index (χ0) is 70.6. The number of aromatic hydroxyl groups is 1. The number of primary amides is 1. The molecule has 32 nitrogen and oxygen atoms in total. The van der Waals surface area contributed by atoms with Gasteiger partial charge in [-0.05, 0) is 85.4 Å². The first-order valence-corrected chi connectivity index (χ1v) is 32.2. The molecule has 2 aliphatic heterocycles. The number of benzene rings is 3. The smallest absolute Gasteiger partial charge is 0.302 e. The number of hydrogen-bond donors (Lipinski definition) is 16. The molecule has 3 aromatic heterocycles. The normalized spacial score (nSPS) is 16.4. The van der Waals surface area contributed by atoms with Crippen molar-refractivity contribution in [2.75, 3.05) is 26.2 Å². The molecule has 0 unspecified atom stereocenters. The Bertz CT molecular complexity index is 3880. The summed E-state index contributed by atoms with van der Waals surface area (Å²) in [6.45, 7) is 3.59. The number of amides is 11. The molecular formula is C66H84N18O14. The number of phenolic OH excluding ortho intramolecular Hbond substituents is 1. The van der Waals surface area contributed by atoms with E-state index in [1.165, 1.54) is 41.7 Å². The Morgan fingerprint density at radius 3 is 1.73 bits per heavy atom. The summed E-state index contributed by atoms with van der Waals surface area (Å²) in [6, 6.07) is 7.53. The average Bonchev–Trinajstić information content (AvgIpc) is 1.61. The van der Waals surface area contributed by atoms with E-state index in [1.807, 2.05) is 0 Å². The number of nitrogens with two attached hydrogens (primary N) is 3. The first kappa shape index (κ1) is 72.5. The van der Waals surface area contributed by atoms with E-state index in [2.05, 4.69) is 72.8 Å². The van der Waals surface area contributed by atoms with Crippen LogP contribution in [0.2, 0.25) is 0 Å². The van der Waals surface area contributed by atoms with E-state index in [1.54, 1.807) is 74.8 Å². The molecule has 0 bridgehead atoms. The minimum atomic E-state index is -1.80. The lowest BCUT2D eigenvalue weighted by Gasteiger charge is -2.30. The highest BCUT2D eigenvalue weighted by molar-refractivity contribution is 6.00. The largest absolute Gasteiger partial charge is 0.508 e. The van der Waals surface area contributed by atoms with Crippen LogP contribution in [0.1, 0.15) is 88.1 Å². The maximum atomic E-state index is 15.3. The fourth-order valence-electron chi connectivity index (χ4n) is 11.7. The molecule has 19 N–H and O–H groups in total. The molecule has 2 aliphatic rings. The van der Waals surface area contributed by atoms with Crippen LogP contribution in [0.3, 0.4) is 0 Å². The number of esters is 1. The third-order valence-electron chi connectivity index (χ3n) is 16.7. The van der Waals surface area contributed by atoms with Crippen LogP contribution in [0, 0.1) is 5.92 Å². The van der Waals surface area contributed by atoms with Crippen LogP contribution in [0.15, 0.2) is 103 Å². The number of ether oxygens (including phenoxy) is 1. The van der Waals surface area contributed by atoms with Crippen LogP contribution in [0.4, 0.5) is 0 Å². The van der Waals surface area contributed by atoms with Crippen LogP contribution in [-0.2, 0) is 88.0 Å². The number of aliphatic imine (C=N–C) groups is 1. The number of fused-ring (bicyclic) bond motifs is 2. The Balaban J connectivity index is 1.08. The molecule has 2 saturated heterocycles. The van der Waals surface area contributed by atoms with Crippen molar-refractivity contribution < 1.29 is 67.4 Å². The zero-order valence-corrected chi connectivity index (χ0v) is 54.4. The van der Waals surface area contributed by atoms with E-state index in [0.717, 1.165) is 6.92 Å². The molecule has 11 amide bonds. The minimum absolute atomic E-state index is 0.00697. The van der Waals surface area contributed by atoms with E-state index in [9.17, 15) is 48.3 Å². The quantitative estimate of drug-likeness (QED) is 0.00924. The summed E-state index contributed by atoms with van der Waals surface area (Å²) in [4.78, 5) is 186. The van der Waals surface area contributed by atoms with Gasteiger partial charge >= 0.3 is 5.97 Å². The second-order valence-corrected chi connectivity index (χ2v) is 24.6. The maximum Gasteiger partial charge on any atom is 0.302 e. The fraction of sp³-hybridized carbons (Fsp3) is 0.424. The van der Waals surface area contributed by atoms with Crippen LogP contribution in [-0.4, -0.2) is 187 Å². The van der Waals surface area contributed by atoms with E-state index >= 15 is 14.4 Å². The molecule has 3 aromatic carbocycles. The number of phenols is 1. The summed E-state index contributed by atoms with van der Waals surface area (Å²) < 4.78 is 5.34. The number of H-pyrrole nitrogens is 3. The summed E-state index contributed by atoms with van der Waals surface area (Å²) in [7, 11) is 0. The molecule has 2 fully saturated rings. The summed E-state index contributed by atoms with van der Waals surface area (Å²) >= 11 is 0. The van der Waals surface area contributed by atoms with E-state index in [-0.39, 0.29) is 101 Å². The SMILES string of the molecule is CC(=O)OC[C@H](NC(=O)[C@H](Cc1c[nH]c2ccccc12)NC(=O)[C@H](Cc1cnc[nH]1)NC(=O)[C@@H]1CCC(=O)N1)C(=O)N[C@@H](Cc1ccc(O)cc1)C(=O)N[C@H](Cc1c[nH]c2ccccc12)C(=O)N[C@@H](CC(C)C)C(=O)N[C@@H](CCCN=C(N)N)C(=O)N1CCC[C@H]1C(=O)NCC(N)=O. The van der Waals surface area contributed by atoms with Crippen molar-refractivity contribution in [3.8, 4) is 5.75 Å². The highest BCUT2D eigenvalue weighted by Gasteiger charge is 2.40. The van der Waals surface area contributed by atoms with Crippen LogP contribution in [0.5, 0.6) is 5.75 Å². The van der Waals surface area contributed by atoms with Gasteiger partial charge in [0.2, 0.25) is 65.0 Å². The highest BCUT2D eigenvalue weighted by Crippen LogP contribution is 2.24. The fourth-order valence-corrected chi connectivity index (χ4v) is 11.7. The Morgan fingerprint density at radius 2 is 1.19 bits per heavy atom. The Labute approximate surface area is 562 Å². The van der Waals surface area contributed by atoms with Crippen molar-refractivity contribution in [2.45, 2.75) is 146 Å². The molecule has 9 atom stereocenters. The number of rotatable bonds is 34. The van der Waals surface area contributed by atoms with E-state index in [4.69, 9.17) is 21.9 Å². The number of aromatic nitrogens is 4. The molecule has 0 spiro atoms. The van der Waals surface area contributed by atoms with Crippen molar-refractivity contribution in [1.29, 1.82) is 0 Å². The lowest BCUT2D eigenvalue weighted by molar-refractivity contribution is -0.145. The standard InChI is InChI=1S/C66H84N18O14/c1-35(2)24-48(58(90)77-47(14-8-22-71-66(68)69)65(97)84-23-9-15-54(84)64(96)74-32-55(67)87)78-60(92)50(26-38-29-72-44-12-6-4-10-42(38)44)80-59(91)49(25-37-16-18-41(86)19-17-37)79-63(95)53(33-98-36(3)85)83-61(93)51(27-39-30-73-45-13-7-5-11-43(39)45)81-62(94)52(28-40-31-70-34-75-40)82-57(89)46-20-21-56(88)76-46/h4-7,10-13,16-19,29-31,34-35,46-54,72-73,86H,8-9,14-15,20-28,32-33H2,1-3H3,(H2,67,87)(H,70,75)(H,74,96)(H,76,88)(H,77,90)(H,78,92)(H,79,95)(H,80,91)(H,81,94)(H,82,89)(H,83,93)(H4,68,69,71)/t46-,47-,48-,49-,50+,51-,52-,53-,54-/m0/s1. The molecule has 0 aliphatic carbocycles. The number of nitrogens with zero attached hydrogens (tertiary/aromatic N) is 3. The lowest BCUT2D eigenvalue weighted by atomic mass is 9.99. The first-order chi connectivity index (χ1) is 46.9. The van der Waals surface area contributed by atoms with Crippen molar-refractivity contribution in [2.24, 2.45) is 28.1 Å². The number of hydrogen-bond acceptors (Lipinski definition) is 16. The summed E-state index contributed by atoms with van der Waals surface area (Å²) in [5, 5.41) is 35.8. The molecule has 8 rings (SSSR count). The van der Waals surface area contributed by atoms with Gasteiger partial charge in [0.05, 0.1) is 12.9 Å². The molecule has 6 aromatic rings. The first-order valence-electron chi connectivity index (χ1n) is 32.2. The molecule has 32 heteroatoms. The molecule has 522 valence electrons. The number of nitrogens with one attached hydrogen (secondary N) is 12. The zero-order valence-electron chi connectivity index (χ0n) is 54.4. The van der Waals surface area contributed by atoms with Gasteiger partial charge < -0.3 is 94.7 Å². The summed E-state index contributed by atoms with van der Waals surface area (Å²) in [6.07, 6.45) is 6.33. The van der Waals surface area contributed by atoms with Gasteiger partial charge in [0.25, 0.3) is 0 Å². The molecular weight excluding hydrogens is 1270 g/mol. The summed E-state index contributed by atoms with van der Waals surface area (Å²) in [5.74, 6) is -10.1. The van der Waals surface area contributed by atoms with E-state index < -0.39 is 133 Å². The van der Waals surface area contributed by atoms with Crippen molar-refractivity contribution in [1.82, 2.24) is 72.7 Å². The van der Waals surface area contributed by atoms with Gasteiger partial charge in [-0.3, -0.25) is 62.5 Å². The predicted molar refractivity (Wildman–Crippen MR) is 356 cm³/mol. The molecule has 0 radical (unpaired) electrons. The van der Waals surface area contributed by atoms with Gasteiger partial charge in [0, 0.05) is 98.2 Å². The van der Waals surface area contributed by atoms with Gasteiger partial charge in [-0.2, -0.15) is 0 Å². The van der Waals surface area contributed by atoms with Crippen LogP contribution >= 0.6 is 0 Å². The Morgan fingerprint density at radius 1 is 0.653 bits per heavy atom. The molecule has 0 saturated carbocycles. The van der Waals surface area contributed by atoms with Gasteiger partial charge in [-0.15, -0.1) is 0 Å². The number of aromatic amines is 3. The van der Waals surface area contributed by atoms with Crippen LogP contribution < -0.4 is 65.1 Å². The third kappa shape index (κ3) is 20.6. The number of carbonyl (C=O) groups excluding carboxylic acids is 12. The van der Waals surface area contributed by atoms with Crippen LogP contribution in [0.25, 0.3) is 21.8 Å². The number of guanidine groups is 1. The minimum Gasteiger partial charge on any atom is -0.508 e. The summed E-state index contributed by atoms with van der Waals surface area (Å²) in [5.41, 5.74) is 19.7. The monoisotopic (exact) mass is 1350 g/mol. The van der Waals surface area contributed by atoms with Crippen molar-refractivity contribution in [3.63, 3.8) is 0 Å². The average molecular weight is 1350 g/mol. The number of carbonyl (C=O) groups is 12. The Kier molecular flexibility index (Phi) is 25.4. The lowest BCUT2D eigenvalue weighted by Crippen LogP contribution is -2.62. The van der Waals surface area contributed by atoms with E-state index in [0.29, 0.717) is 50.6 Å². The van der Waals surface area contributed by atoms with Crippen molar-refractivity contribution in [3.05, 3.63) is 120 Å². The van der Waals surface area contributed by atoms with Crippen molar-refractivity contribution >= 4 is 98.7 Å². The number of likely N-dealkylation sites (tertiary alicyclic amines) is 1. The third-order valence-corrected chi connectivity index (χ3v) is 16.7.